The number of ether oxygens (including phenoxy) is 1. The Kier molecular flexibility index (Phi) is 8.25. The Hall–Kier alpha value is -3.04. The zero-order valence-electron chi connectivity index (χ0n) is 17.3. The number of hydrogen-bond donors (Lipinski definition) is 4. The van der Waals surface area contributed by atoms with Gasteiger partial charge in [0.2, 0.25) is 5.75 Å². The van der Waals surface area contributed by atoms with Crippen LogP contribution in [0.15, 0.2) is 53.0 Å². The highest BCUT2D eigenvalue weighted by Gasteiger charge is 2.17. The van der Waals surface area contributed by atoms with Crippen molar-refractivity contribution in [2.75, 3.05) is 17.9 Å². The summed E-state index contributed by atoms with van der Waals surface area (Å²) in [7, 11) is 0. The first-order chi connectivity index (χ1) is 14.3. The van der Waals surface area contributed by atoms with E-state index in [0.717, 1.165) is 4.90 Å². The molecule has 0 fully saturated rings. The fraction of sp³-hybridized carbons (Fsp3) is 0.286. The largest absolute Gasteiger partial charge is 0.501 e. The molecule has 0 aliphatic heterocycles. The van der Waals surface area contributed by atoms with Gasteiger partial charge >= 0.3 is 0 Å². The molecule has 0 spiro atoms. The number of aliphatic hydroxyl groups is 1. The Morgan fingerprint density at radius 1 is 1.30 bits per heavy atom. The first-order valence-corrected chi connectivity index (χ1v) is 10.1. The molecule has 0 aliphatic carbocycles. The van der Waals surface area contributed by atoms with Gasteiger partial charge in [-0.05, 0) is 47.3 Å². The van der Waals surface area contributed by atoms with E-state index in [2.05, 4.69) is 59.2 Å². The van der Waals surface area contributed by atoms with E-state index in [1.54, 1.807) is 0 Å². The predicted octanol–water partition coefficient (Wildman–Crippen LogP) is 3.48. The van der Waals surface area contributed by atoms with Gasteiger partial charge in [0.25, 0.3) is 5.88 Å². The predicted molar refractivity (Wildman–Crippen MR) is 122 cm³/mol. The normalized spacial score (nSPS) is 11.9. The second-order valence-electron chi connectivity index (χ2n) is 7.21. The van der Waals surface area contributed by atoms with Crippen LogP contribution in [0.2, 0.25) is 0 Å². The number of nitrogens with zero attached hydrogens (tertiary/aromatic N) is 3. The van der Waals surface area contributed by atoms with Crippen molar-refractivity contribution in [1.82, 2.24) is 9.97 Å². The second kappa shape index (κ2) is 10.7. The molecule has 1 aromatic heterocycles. The number of nitrogens with two attached hydrogens (primary N) is 1. The minimum absolute atomic E-state index is 0.0312. The lowest BCUT2D eigenvalue weighted by molar-refractivity contribution is 0.192. The van der Waals surface area contributed by atoms with Crippen LogP contribution in [0.1, 0.15) is 32.2 Å². The summed E-state index contributed by atoms with van der Waals surface area (Å²) in [5.74, 6) is -0.0484. The second-order valence-corrected chi connectivity index (χ2v) is 8.09. The first kappa shape index (κ1) is 23.2. The number of anilines is 1. The van der Waals surface area contributed by atoms with E-state index >= 15 is 0 Å². The minimum atomic E-state index is -0.273. The highest BCUT2D eigenvalue weighted by molar-refractivity contribution is 8.00. The van der Waals surface area contributed by atoms with Crippen LogP contribution >= 0.6 is 11.9 Å². The molecule has 0 amide bonds. The fourth-order valence-electron chi connectivity index (χ4n) is 2.25. The molecule has 30 heavy (non-hydrogen) atoms. The summed E-state index contributed by atoms with van der Waals surface area (Å²) >= 11 is 1.28. The standard InChI is InChI=1S/C21H27N5O3S/c1-14(23-11-5-10-22)18-24-19(17(28)20(25-18)29-13-12-27)26-30-16-8-6-15(7-9-16)21(2,3)4/h5-11,27-28H,1,12-13,22H2,2-4H3,(H,24,25,26)/b10-5-,23-11?. The molecule has 0 bridgehead atoms. The molecule has 1 heterocycles. The number of rotatable bonds is 9. The van der Waals surface area contributed by atoms with Crippen molar-refractivity contribution in [2.45, 2.75) is 31.1 Å². The van der Waals surface area contributed by atoms with Crippen molar-refractivity contribution >= 4 is 29.7 Å². The SMILES string of the molecule is C=C(N=C/C=C\N)c1nc(NSc2ccc(C(C)(C)C)cc2)c(O)c(OCCO)n1. The molecule has 0 unspecified atom stereocenters. The van der Waals surface area contributed by atoms with Gasteiger partial charge in [-0.15, -0.1) is 0 Å². The Morgan fingerprint density at radius 3 is 2.60 bits per heavy atom. The minimum Gasteiger partial charge on any atom is -0.501 e. The molecule has 9 heteroatoms. The summed E-state index contributed by atoms with van der Waals surface area (Å²) in [4.78, 5) is 13.4. The van der Waals surface area contributed by atoms with Gasteiger partial charge in [-0.3, -0.25) is 4.99 Å². The number of allylic oxidation sites excluding steroid dienone is 1. The van der Waals surface area contributed by atoms with Crippen LogP contribution in [0.5, 0.6) is 11.6 Å². The van der Waals surface area contributed by atoms with Gasteiger partial charge in [0.05, 0.1) is 6.61 Å². The van der Waals surface area contributed by atoms with Gasteiger partial charge in [-0.2, -0.15) is 4.98 Å². The van der Waals surface area contributed by atoms with Gasteiger partial charge < -0.3 is 25.4 Å². The lowest BCUT2D eigenvalue weighted by atomic mass is 9.87. The van der Waals surface area contributed by atoms with Crippen molar-refractivity contribution in [2.24, 2.45) is 10.7 Å². The molecule has 0 saturated carbocycles. The van der Waals surface area contributed by atoms with Crippen LogP contribution < -0.4 is 15.2 Å². The van der Waals surface area contributed by atoms with E-state index in [9.17, 15) is 5.11 Å². The van der Waals surface area contributed by atoms with E-state index in [0.29, 0.717) is 0 Å². The third kappa shape index (κ3) is 6.50. The van der Waals surface area contributed by atoms with Crippen molar-refractivity contribution in [3.8, 4) is 11.6 Å². The van der Waals surface area contributed by atoms with Gasteiger partial charge in [-0.1, -0.05) is 39.5 Å². The Bertz CT molecular complexity index is 921. The molecule has 0 saturated heterocycles. The molecular weight excluding hydrogens is 402 g/mol. The van der Waals surface area contributed by atoms with Crippen LogP contribution in [-0.2, 0) is 5.41 Å². The number of aliphatic imine (C=N–C) groups is 1. The van der Waals surface area contributed by atoms with Crippen LogP contribution in [0, 0.1) is 0 Å². The van der Waals surface area contributed by atoms with Gasteiger partial charge in [-0.25, -0.2) is 4.98 Å². The number of aromatic nitrogens is 2. The summed E-state index contributed by atoms with van der Waals surface area (Å²) < 4.78 is 8.33. The number of aromatic hydroxyl groups is 1. The summed E-state index contributed by atoms with van der Waals surface area (Å²) in [6.07, 6.45) is 4.31. The molecule has 0 radical (unpaired) electrons. The number of nitrogens with one attached hydrogen (secondary N) is 1. The molecule has 5 N–H and O–H groups in total. The lowest BCUT2D eigenvalue weighted by Crippen LogP contribution is -2.10. The monoisotopic (exact) mass is 429 g/mol. The van der Waals surface area contributed by atoms with E-state index in [-0.39, 0.29) is 47.6 Å². The Balaban J connectivity index is 2.26. The van der Waals surface area contributed by atoms with Crippen LogP contribution in [0.25, 0.3) is 5.70 Å². The third-order valence-corrected chi connectivity index (χ3v) is 4.66. The summed E-state index contributed by atoms with van der Waals surface area (Å²) in [5.41, 5.74) is 6.82. The number of hydrogen-bond acceptors (Lipinski definition) is 9. The van der Waals surface area contributed by atoms with E-state index in [1.165, 1.54) is 36.0 Å². The molecular formula is C21H27N5O3S. The van der Waals surface area contributed by atoms with Crippen LogP contribution in [-0.4, -0.2) is 39.6 Å². The zero-order valence-corrected chi connectivity index (χ0v) is 18.1. The van der Waals surface area contributed by atoms with Gasteiger partial charge in [0, 0.05) is 11.1 Å². The molecule has 160 valence electrons. The lowest BCUT2D eigenvalue weighted by Gasteiger charge is -2.19. The van der Waals surface area contributed by atoms with Crippen molar-refractivity contribution < 1.29 is 14.9 Å². The quantitative estimate of drug-likeness (QED) is 0.353. The highest BCUT2D eigenvalue weighted by Crippen LogP contribution is 2.35. The fourth-order valence-corrected chi connectivity index (χ4v) is 2.88. The van der Waals surface area contributed by atoms with Gasteiger partial charge in [0.15, 0.2) is 11.6 Å². The molecule has 2 aromatic rings. The Morgan fingerprint density at radius 2 is 2.00 bits per heavy atom. The molecule has 8 nitrogen and oxygen atoms in total. The average Bonchev–Trinajstić information content (AvgIpc) is 2.71. The maximum Gasteiger partial charge on any atom is 0.263 e. The van der Waals surface area contributed by atoms with E-state index in [4.69, 9.17) is 15.6 Å². The van der Waals surface area contributed by atoms with Gasteiger partial charge in [0.1, 0.15) is 12.3 Å². The molecule has 1 aromatic carbocycles. The molecule has 0 aliphatic rings. The number of aliphatic hydroxyl groups excluding tert-OH is 1. The first-order valence-electron chi connectivity index (χ1n) is 9.24. The maximum atomic E-state index is 10.5. The van der Waals surface area contributed by atoms with Crippen LogP contribution in [0.4, 0.5) is 5.82 Å². The summed E-state index contributed by atoms with van der Waals surface area (Å²) in [6.45, 7) is 10.0. The van der Waals surface area contributed by atoms with Crippen molar-refractivity contribution in [3.63, 3.8) is 0 Å². The number of benzene rings is 1. The van der Waals surface area contributed by atoms with E-state index in [1.807, 2.05) is 12.1 Å². The van der Waals surface area contributed by atoms with Crippen molar-refractivity contribution in [1.29, 1.82) is 0 Å². The maximum absolute atomic E-state index is 10.5. The smallest absolute Gasteiger partial charge is 0.263 e. The van der Waals surface area contributed by atoms with Crippen LogP contribution in [0.3, 0.4) is 0 Å². The zero-order chi connectivity index (χ0) is 22.1. The third-order valence-electron chi connectivity index (χ3n) is 3.85. The highest BCUT2D eigenvalue weighted by atomic mass is 32.2. The van der Waals surface area contributed by atoms with Crippen molar-refractivity contribution in [3.05, 3.63) is 54.5 Å². The summed E-state index contributed by atoms with van der Waals surface area (Å²) in [5, 5.41) is 19.5. The summed E-state index contributed by atoms with van der Waals surface area (Å²) in [6, 6.07) is 8.10. The Labute approximate surface area is 180 Å². The molecule has 2 rings (SSSR count). The topological polar surface area (TPSA) is 126 Å². The average molecular weight is 430 g/mol. The van der Waals surface area contributed by atoms with E-state index < -0.39 is 0 Å². The molecule has 0 atom stereocenters.